The molecule has 0 saturated carbocycles. The van der Waals surface area contributed by atoms with Gasteiger partial charge < -0.3 is 0 Å². The van der Waals surface area contributed by atoms with E-state index in [-0.39, 0.29) is 0 Å². The average Bonchev–Trinajstić information content (AvgIpc) is 3.60. The summed E-state index contributed by atoms with van der Waals surface area (Å²) in [7, 11) is 0. The van der Waals surface area contributed by atoms with Crippen molar-refractivity contribution in [2.24, 2.45) is 0 Å². The lowest BCUT2D eigenvalue weighted by Gasteiger charge is -2.17. The molecule has 5 heteroatoms. The van der Waals surface area contributed by atoms with E-state index in [1.807, 2.05) is 36.4 Å². The quantitative estimate of drug-likeness (QED) is 0.184. The molecule has 0 spiro atoms. The first-order valence-corrected chi connectivity index (χ1v) is 15.7. The minimum absolute atomic E-state index is 0.782. The Balaban J connectivity index is 1.21. The van der Waals surface area contributed by atoms with Gasteiger partial charge in [0.15, 0.2) is 0 Å². The lowest BCUT2D eigenvalue weighted by Crippen LogP contribution is -1.98. The van der Waals surface area contributed by atoms with Crippen LogP contribution in [0.1, 0.15) is 0 Å². The molecule has 0 bridgehead atoms. The van der Waals surface area contributed by atoms with Crippen LogP contribution in [-0.4, -0.2) is 25.0 Å². The molecule has 220 valence electrons. The monoisotopic (exact) mass is 601 g/mol. The third kappa shape index (κ3) is 4.56. The molecule has 47 heavy (non-hydrogen) atoms. The molecule has 0 atom stereocenters. The minimum atomic E-state index is 0.782. The third-order valence-corrected chi connectivity index (χ3v) is 8.80. The van der Waals surface area contributed by atoms with Crippen LogP contribution in [0, 0.1) is 0 Å². The van der Waals surface area contributed by atoms with Crippen LogP contribution in [0.2, 0.25) is 0 Å². The molecule has 3 heterocycles. The van der Waals surface area contributed by atoms with E-state index in [1.165, 1.54) is 38.2 Å². The van der Waals surface area contributed by atoms with Crippen molar-refractivity contribution in [1.82, 2.24) is 25.0 Å². The van der Waals surface area contributed by atoms with Crippen LogP contribution < -0.4 is 0 Å². The van der Waals surface area contributed by atoms with Gasteiger partial charge in [-0.25, -0.2) is 0 Å². The molecule has 0 N–H and O–H groups in total. The molecule has 0 unspecified atom stereocenters. The highest BCUT2D eigenvalue weighted by Crippen LogP contribution is 2.43. The van der Waals surface area contributed by atoms with Gasteiger partial charge in [0.25, 0.3) is 0 Å². The van der Waals surface area contributed by atoms with E-state index in [0.717, 1.165) is 44.8 Å². The smallest absolute Gasteiger partial charge is 0.123 e. The molecule has 0 amide bonds. The highest BCUT2D eigenvalue weighted by Gasteiger charge is 2.19. The molecule has 0 aliphatic heterocycles. The second-order valence-corrected chi connectivity index (χ2v) is 11.5. The fourth-order valence-corrected chi connectivity index (χ4v) is 6.68. The van der Waals surface area contributed by atoms with Crippen molar-refractivity contribution in [3.05, 3.63) is 164 Å². The fourth-order valence-electron chi connectivity index (χ4n) is 6.68. The number of aromatic nitrogens is 5. The van der Waals surface area contributed by atoms with E-state index in [1.54, 1.807) is 17.2 Å². The summed E-state index contributed by atoms with van der Waals surface area (Å²) in [6.45, 7) is 0. The topological polar surface area (TPSA) is 56.5 Å². The number of nitrogens with zero attached hydrogens (tertiary/aromatic N) is 5. The van der Waals surface area contributed by atoms with E-state index in [4.69, 9.17) is 10.2 Å². The largest absolute Gasteiger partial charge is 0.256 e. The Morgan fingerprint density at radius 3 is 1.23 bits per heavy atom. The van der Waals surface area contributed by atoms with Gasteiger partial charge in [0.2, 0.25) is 0 Å². The Hall–Kier alpha value is -6.46. The Morgan fingerprint density at radius 1 is 0.362 bits per heavy atom. The molecule has 6 aromatic carbocycles. The Morgan fingerprint density at radius 2 is 0.787 bits per heavy atom. The molecular formula is C42H27N5. The Kier molecular flexibility index (Phi) is 6.39. The highest BCUT2D eigenvalue weighted by atomic mass is 15.5. The number of pyridine rings is 2. The van der Waals surface area contributed by atoms with Crippen LogP contribution in [-0.2, 0) is 0 Å². The van der Waals surface area contributed by atoms with E-state index in [2.05, 4.69) is 125 Å². The fraction of sp³-hybridized carbons (Fsp3) is 0. The summed E-state index contributed by atoms with van der Waals surface area (Å²) in [4.78, 5) is 10.9. The van der Waals surface area contributed by atoms with Gasteiger partial charge in [-0.15, -0.1) is 10.2 Å². The van der Waals surface area contributed by atoms with Gasteiger partial charge in [-0.3, -0.25) is 9.97 Å². The molecule has 0 saturated heterocycles. The van der Waals surface area contributed by atoms with Crippen molar-refractivity contribution < 1.29 is 0 Å². The van der Waals surface area contributed by atoms with Crippen molar-refractivity contribution in [3.63, 3.8) is 0 Å². The number of rotatable bonds is 5. The number of hydrogen-bond donors (Lipinski definition) is 0. The number of fused-ring (bicyclic) bond motifs is 3. The SMILES string of the molecule is c1ccc(-c2c3ccccc3c(-c3ccc(-n4nc5c(-c6ccccn6)ccc(-c6ccccn6)c5n4)cc3)c3ccccc23)cc1. The van der Waals surface area contributed by atoms with Crippen molar-refractivity contribution in [2.75, 3.05) is 0 Å². The zero-order valence-corrected chi connectivity index (χ0v) is 25.3. The van der Waals surface area contributed by atoms with Crippen molar-refractivity contribution >= 4 is 32.6 Å². The van der Waals surface area contributed by atoms with Crippen LogP contribution in [0.15, 0.2) is 164 Å². The summed E-state index contributed by atoms with van der Waals surface area (Å²) < 4.78 is 0. The highest BCUT2D eigenvalue weighted by molar-refractivity contribution is 6.21. The van der Waals surface area contributed by atoms with Gasteiger partial charge in [0.05, 0.1) is 17.1 Å². The van der Waals surface area contributed by atoms with Gasteiger partial charge >= 0.3 is 0 Å². The van der Waals surface area contributed by atoms with E-state index >= 15 is 0 Å². The first-order valence-electron chi connectivity index (χ1n) is 15.7. The molecule has 9 rings (SSSR count). The van der Waals surface area contributed by atoms with Gasteiger partial charge in [-0.05, 0) is 92.3 Å². The summed E-state index contributed by atoms with van der Waals surface area (Å²) in [6, 6.07) is 52.6. The maximum Gasteiger partial charge on any atom is 0.123 e. The normalized spacial score (nSPS) is 11.4. The molecule has 0 fully saturated rings. The van der Waals surface area contributed by atoms with Crippen molar-refractivity contribution in [2.45, 2.75) is 0 Å². The predicted molar refractivity (Wildman–Crippen MR) is 191 cm³/mol. The molecular weight excluding hydrogens is 574 g/mol. The average molecular weight is 602 g/mol. The summed E-state index contributed by atoms with van der Waals surface area (Å²) in [5.41, 5.74) is 10.8. The summed E-state index contributed by atoms with van der Waals surface area (Å²) in [6.07, 6.45) is 3.60. The van der Waals surface area contributed by atoms with Crippen molar-refractivity contribution in [1.29, 1.82) is 0 Å². The van der Waals surface area contributed by atoms with E-state index in [9.17, 15) is 0 Å². The number of hydrogen-bond acceptors (Lipinski definition) is 4. The van der Waals surface area contributed by atoms with Crippen LogP contribution in [0.5, 0.6) is 0 Å². The third-order valence-electron chi connectivity index (χ3n) is 8.80. The van der Waals surface area contributed by atoms with Gasteiger partial charge in [-0.1, -0.05) is 103 Å². The molecule has 0 aliphatic rings. The van der Waals surface area contributed by atoms with Gasteiger partial charge in [0.1, 0.15) is 11.0 Å². The molecule has 3 aromatic heterocycles. The summed E-state index contributed by atoms with van der Waals surface area (Å²) >= 11 is 0. The summed E-state index contributed by atoms with van der Waals surface area (Å²) in [5.74, 6) is 0. The maximum atomic E-state index is 5.03. The van der Waals surface area contributed by atoms with Crippen LogP contribution in [0.4, 0.5) is 0 Å². The first-order chi connectivity index (χ1) is 23.3. The standard InChI is InChI=1S/C42H27N5/c1-2-12-28(13-3-1)39-31-14-4-6-16-33(31)40(34-17-7-5-15-32(34)39)29-20-22-30(23-21-29)47-45-41-35(37-18-8-10-26-43-37)24-25-36(42(41)46-47)38-19-9-11-27-44-38/h1-27H. The van der Waals surface area contributed by atoms with Crippen LogP contribution in [0.25, 0.3) is 83.0 Å². The van der Waals surface area contributed by atoms with Crippen molar-refractivity contribution in [3.8, 4) is 50.5 Å². The summed E-state index contributed by atoms with van der Waals surface area (Å²) in [5, 5.41) is 15.0. The maximum absolute atomic E-state index is 5.03. The Labute approximate surface area is 271 Å². The lowest BCUT2D eigenvalue weighted by atomic mass is 9.86. The van der Waals surface area contributed by atoms with E-state index < -0.39 is 0 Å². The lowest BCUT2D eigenvalue weighted by molar-refractivity contribution is 0.766. The molecule has 9 aromatic rings. The zero-order valence-electron chi connectivity index (χ0n) is 25.3. The molecule has 0 aliphatic carbocycles. The van der Waals surface area contributed by atoms with Crippen LogP contribution in [0.3, 0.4) is 0 Å². The van der Waals surface area contributed by atoms with Gasteiger partial charge in [0, 0.05) is 23.5 Å². The van der Waals surface area contributed by atoms with Gasteiger partial charge in [-0.2, -0.15) is 4.80 Å². The van der Waals surface area contributed by atoms with Crippen LogP contribution >= 0.6 is 0 Å². The second-order valence-electron chi connectivity index (χ2n) is 11.5. The number of benzene rings is 6. The predicted octanol–water partition coefficient (Wildman–Crippen LogP) is 10.2. The zero-order chi connectivity index (χ0) is 31.2. The molecule has 0 radical (unpaired) electrons. The molecule has 5 nitrogen and oxygen atoms in total. The minimum Gasteiger partial charge on any atom is -0.256 e. The van der Waals surface area contributed by atoms with E-state index in [0.29, 0.717) is 0 Å². The second kappa shape index (κ2) is 11.2. The first kappa shape index (κ1) is 26.9. The Bertz CT molecular complexity index is 2410.